The van der Waals surface area contributed by atoms with E-state index in [2.05, 4.69) is 4.98 Å². The second kappa shape index (κ2) is 6.58. The van der Waals surface area contributed by atoms with Gasteiger partial charge in [-0.2, -0.15) is 0 Å². The van der Waals surface area contributed by atoms with Gasteiger partial charge in [-0.3, -0.25) is 0 Å². The topological polar surface area (TPSA) is 33.1 Å². The van der Waals surface area contributed by atoms with Crippen molar-refractivity contribution in [1.82, 2.24) is 4.98 Å². The number of aromatic hydroxyl groups is 1. The van der Waals surface area contributed by atoms with Crippen LogP contribution in [0.4, 0.5) is 0 Å². The first-order chi connectivity index (χ1) is 11.0. The van der Waals surface area contributed by atoms with Gasteiger partial charge in [0.05, 0.1) is 25.8 Å². The van der Waals surface area contributed by atoms with Gasteiger partial charge in [0.2, 0.25) is 0 Å². The van der Waals surface area contributed by atoms with Crippen LogP contribution >= 0.6 is 46.4 Å². The van der Waals surface area contributed by atoms with Crippen LogP contribution in [0, 0.1) is 0 Å². The zero-order chi connectivity index (χ0) is 16.6. The van der Waals surface area contributed by atoms with Crippen molar-refractivity contribution in [1.29, 1.82) is 0 Å². The zero-order valence-corrected chi connectivity index (χ0v) is 14.5. The van der Waals surface area contributed by atoms with Crippen molar-refractivity contribution in [2.45, 2.75) is 0 Å². The maximum atomic E-state index is 10.1. The number of hydrogen-bond acceptors (Lipinski definition) is 2. The molecule has 2 nitrogen and oxygen atoms in total. The molecule has 23 heavy (non-hydrogen) atoms. The van der Waals surface area contributed by atoms with Gasteiger partial charge in [-0.1, -0.05) is 64.6 Å². The number of phenols is 1. The summed E-state index contributed by atoms with van der Waals surface area (Å²) < 4.78 is 0. The van der Waals surface area contributed by atoms with Crippen LogP contribution in [-0.2, 0) is 0 Å². The van der Waals surface area contributed by atoms with Gasteiger partial charge in [-0.25, -0.2) is 4.98 Å². The molecule has 0 aliphatic carbocycles. The maximum absolute atomic E-state index is 10.1. The van der Waals surface area contributed by atoms with Crippen LogP contribution in [0.5, 0.6) is 5.75 Å². The molecule has 6 heteroatoms. The molecule has 0 radical (unpaired) electrons. The molecular weight excluding hydrogens is 376 g/mol. The smallest absolute Gasteiger partial charge is 0.160 e. The average molecular weight is 385 g/mol. The normalized spacial score (nSPS) is 11.5. The predicted octanol–water partition coefficient (Wildman–Crippen LogP) is 6.72. The lowest BCUT2D eigenvalue weighted by Crippen LogP contribution is -1.86. The van der Waals surface area contributed by atoms with Crippen molar-refractivity contribution in [3.63, 3.8) is 0 Å². The standard InChI is InChI=1S/C17H9Cl4NO/c18-12-3-1-2-9(15(12)21)4-5-10-6-7-11-13(19)8-14(20)17(23)16(11)22-10/h1-8,23H/b5-4+. The van der Waals surface area contributed by atoms with Crippen molar-refractivity contribution in [3.05, 3.63) is 67.7 Å². The van der Waals surface area contributed by atoms with Crippen molar-refractivity contribution >= 4 is 69.5 Å². The van der Waals surface area contributed by atoms with E-state index in [-0.39, 0.29) is 10.8 Å². The van der Waals surface area contributed by atoms with Crippen molar-refractivity contribution in [3.8, 4) is 5.75 Å². The number of phenolic OH excluding ortho intramolecular Hbond substituents is 1. The van der Waals surface area contributed by atoms with Crippen LogP contribution in [0.2, 0.25) is 20.1 Å². The number of pyridine rings is 1. The molecule has 1 aromatic heterocycles. The highest BCUT2D eigenvalue weighted by Gasteiger charge is 2.10. The largest absolute Gasteiger partial charge is 0.504 e. The summed E-state index contributed by atoms with van der Waals surface area (Å²) >= 11 is 24.2. The third kappa shape index (κ3) is 3.26. The summed E-state index contributed by atoms with van der Waals surface area (Å²) in [6.45, 7) is 0. The molecule has 0 atom stereocenters. The van der Waals surface area contributed by atoms with Gasteiger partial charge in [0.25, 0.3) is 0 Å². The molecule has 3 aromatic rings. The van der Waals surface area contributed by atoms with Crippen LogP contribution in [-0.4, -0.2) is 10.1 Å². The number of hydrogen-bond donors (Lipinski definition) is 1. The summed E-state index contributed by atoms with van der Waals surface area (Å²) in [7, 11) is 0. The van der Waals surface area contributed by atoms with E-state index in [1.165, 1.54) is 6.07 Å². The number of rotatable bonds is 2. The first-order valence-electron chi connectivity index (χ1n) is 6.57. The van der Waals surface area contributed by atoms with Crippen molar-refractivity contribution in [2.24, 2.45) is 0 Å². The van der Waals surface area contributed by atoms with Crippen LogP contribution in [0.25, 0.3) is 23.1 Å². The molecule has 0 spiro atoms. The lowest BCUT2D eigenvalue weighted by Gasteiger charge is -2.06. The molecule has 0 amide bonds. The highest BCUT2D eigenvalue weighted by atomic mass is 35.5. The first kappa shape index (κ1) is 16.4. The summed E-state index contributed by atoms with van der Waals surface area (Å²) in [5.41, 5.74) is 1.75. The van der Waals surface area contributed by atoms with E-state index in [0.717, 1.165) is 5.56 Å². The molecule has 1 N–H and O–H groups in total. The SMILES string of the molecule is Oc1c(Cl)cc(Cl)c2ccc(/C=C/c3cccc(Cl)c3Cl)nc12. The van der Waals surface area contributed by atoms with E-state index in [1.54, 1.807) is 30.4 Å². The minimum atomic E-state index is -0.0953. The van der Waals surface area contributed by atoms with Crippen LogP contribution in [0.3, 0.4) is 0 Å². The van der Waals surface area contributed by atoms with E-state index in [0.29, 0.717) is 31.7 Å². The molecule has 2 aromatic carbocycles. The third-order valence-corrected chi connectivity index (χ3v) is 4.73. The summed E-state index contributed by atoms with van der Waals surface area (Å²) in [6.07, 6.45) is 3.57. The lowest BCUT2D eigenvalue weighted by molar-refractivity contribution is 0.480. The number of benzene rings is 2. The second-order valence-electron chi connectivity index (χ2n) is 4.80. The minimum Gasteiger partial charge on any atom is -0.504 e. The fourth-order valence-electron chi connectivity index (χ4n) is 2.14. The Balaban J connectivity index is 2.06. The highest BCUT2D eigenvalue weighted by molar-refractivity contribution is 6.43. The third-order valence-electron chi connectivity index (χ3n) is 3.29. The van der Waals surface area contributed by atoms with Gasteiger partial charge in [0.15, 0.2) is 5.75 Å². The fourth-order valence-corrected chi connectivity index (χ4v) is 3.02. The Morgan fingerprint density at radius 2 is 1.65 bits per heavy atom. The quantitative estimate of drug-likeness (QED) is 0.531. The number of halogens is 4. The molecule has 0 saturated heterocycles. The lowest BCUT2D eigenvalue weighted by atomic mass is 10.1. The molecule has 0 saturated carbocycles. The molecule has 0 aliphatic heterocycles. The van der Waals surface area contributed by atoms with Crippen LogP contribution in [0.1, 0.15) is 11.3 Å². The van der Waals surface area contributed by atoms with E-state index < -0.39 is 0 Å². The monoisotopic (exact) mass is 383 g/mol. The number of nitrogens with zero attached hydrogens (tertiary/aromatic N) is 1. The summed E-state index contributed by atoms with van der Waals surface area (Å²) in [6, 6.07) is 10.4. The van der Waals surface area contributed by atoms with Gasteiger partial charge < -0.3 is 5.11 Å². The first-order valence-corrected chi connectivity index (χ1v) is 8.08. The highest BCUT2D eigenvalue weighted by Crippen LogP contribution is 2.36. The second-order valence-corrected chi connectivity index (χ2v) is 6.40. The minimum absolute atomic E-state index is 0.0953. The Morgan fingerprint density at radius 3 is 2.43 bits per heavy atom. The number of aromatic nitrogens is 1. The molecule has 0 fully saturated rings. The molecule has 0 unspecified atom stereocenters. The van der Waals surface area contributed by atoms with E-state index in [9.17, 15) is 5.11 Å². The Labute approximate surface area is 152 Å². The summed E-state index contributed by atoms with van der Waals surface area (Å²) in [5.74, 6) is -0.0953. The van der Waals surface area contributed by atoms with Gasteiger partial charge >= 0.3 is 0 Å². The molecule has 116 valence electrons. The van der Waals surface area contributed by atoms with E-state index in [1.807, 2.05) is 12.1 Å². The van der Waals surface area contributed by atoms with Crippen LogP contribution < -0.4 is 0 Å². The molecule has 0 bridgehead atoms. The Kier molecular flexibility index (Phi) is 4.69. The Hall–Kier alpha value is -1.45. The summed E-state index contributed by atoms with van der Waals surface area (Å²) in [4.78, 5) is 4.38. The summed E-state index contributed by atoms with van der Waals surface area (Å²) in [5, 5.41) is 12.2. The Bertz CT molecular complexity index is 938. The van der Waals surface area contributed by atoms with E-state index in [4.69, 9.17) is 46.4 Å². The van der Waals surface area contributed by atoms with Gasteiger partial charge in [0.1, 0.15) is 5.52 Å². The van der Waals surface area contributed by atoms with E-state index >= 15 is 0 Å². The number of fused-ring (bicyclic) bond motifs is 1. The predicted molar refractivity (Wildman–Crippen MR) is 98.8 cm³/mol. The molecule has 0 aliphatic rings. The van der Waals surface area contributed by atoms with Crippen molar-refractivity contribution < 1.29 is 5.11 Å². The zero-order valence-electron chi connectivity index (χ0n) is 11.5. The molecule has 1 heterocycles. The molecule has 3 rings (SSSR count). The Morgan fingerprint density at radius 1 is 0.870 bits per heavy atom. The van der Waals surface area contributed by atoms with Crippen molar-refractivity contribution in [2.75, 3.05) is 0 Å². The maximum Gasteiger partial charge on any atom is 0.160 e. The van der Waals surface area contributed by atoms with Gasteiger partial charge in [0, 0.05) is 5.39 Å². The average Bonchev–Trinajstić information content (AvgIpc) is 2.54. The van der Waals surface area contributed by atoms with Gasteiger partial charge in [-0.05, 0) is 35.9 Å². The van der Waals surface area contributed by atoms with Gasteiger partial charge in [-0.15, -0.1) is 0 Å². The fraction of sp³-hybridized carbons (Fsp3) is 0. The van der Waals surface area contributed by atoms with Crippen LogP contribution in [0.15, 0.2) is 36.4 Å². The molecular formula is C17H9Cl4NO.